The lowest BCUT2D eigenvalue weighted by atomic mass is 10.1. The first-order valence-corrected chi connectivity index (χ1v) is 9.02. The first kappa shape index (κ1) is 16.8. The zero-order chi connectivity index (χ0) is 17.8. The summed E-state index contributed by atoms with van der Waals surface area (Å²) in [4.78, 5) is 7.15. The molecule has 0 aliphatic carbocycles. The number of rotatable bonds is 3. The SMILES string of the molecule is CNCCN1CCNc2ccn3ncc(c3n2)-c2cccc(c2)OCC1. The molecule has 0 unspecified atom stereocenters. The van der Waals surface area contributed by atoms with Crippen molar-refractivity contribution in [3.8, 4) is 16.9 Å². The molecule has 3 aromatic rings. The standard InChI is InChI=1S/C19H24N6O/c1-20-6-9-24-10-7-21-18-5-8-25-19(23-18)17(14-22-25)15-3-2-4-16(13-15)26-12-11-24/h2-5,8,13-14,20H,6-7,9-12H2,1H3,(H,21,23). The number of ether oxygens (including phenoxy) is 1. The number of benzene rings is 1. The lowest BCUT2D eigenvalue weighted by molar-refractivity contribution is 0.215. The molecule has 3 heterocycles. The summed E-state index contributed by atoms with van der Waals surface area (Å²) in [6.07, 6.45) is 3.80. The Bertz CT molecular complexity index is 877. The van der Waals surface area contributed by atoms with E-state index in [4.69, 9.17) is 9.72 Å². The fourth-order valence-electron chi connectivity index (χ4n) is 3.16. The van der Waals surface area contributed by atoms with Crippen LogP contribution in [0.2, 0.25) is 0 Å². The third kappa shape index (κ3) is 3.63. The molecule has 2 N–H and O–H groups in total. The molecule has 4 rings (SSSR count). The highest BCUT2D eigenvalue weighted by molar-refractivity contribution is 5.78. The summed E-state index contributed by atoms with van der Waals surface area (Å²) in [7, 11) is 1.98. The van der Waals surface area contributed by atoms with Gasteiger partial charge in [0, 0.05) is 44.5 Å². The Kier molecular flexibility index (Phi) is 4.99. The normalized spacial score (nSPS) is 15.4. The van der Waals surface area contributed by atoms with Gasteiger partial charge in [0.25, 0.3) is 0 Å². The predicted molar refractivity (Wildman–Crippen MR) is 103 cm³/mol. The number of hydrogen-bond acceptors (Lipinski definition) is 6. The molecule has 26 heavy (non-hydrogen) atoms. The van der Waals surface area contributed by atoms with Crippen molar-refractivity contribution in [2.45, 2.75) is 0 Å². The van der Waals surface area contributed by atoms with Crippen molar-refractivity contribution < 1.29 is 4.74 Å². The Morgan fingerprint density at radius 2 is 2.23 bits per heavy atom. The van der Waals surface area contributed by atoms with E-state index in [2.05, 4.69) is 32.8 Å². The smallest absolute Gasteiger partial charge is 0.165 e. The van der Waals surface area contributed by atoms with Crippen LogP contribution in [0.15, 0.2) is 42.7 Å². The van der Waals surface area contributed by atoms with Crippen molar-refractivity contribution in [2.24, 2.45) is 0 Å². The highest BCUT2D eigenvalue weighted by Gasteiger charge is 2.12. The van der Waals surface area contributed by atoms with E-state index in [9.17, 15) is 0 Å². The Morgan fingerprint density at radius 1 is 1.27 bits per heavy atom. The van der Waals surface area contributed by atoms with Crippen molar-refractivity contribution >= 4 is 11.5 Å². The molecule has 1 aromatic carbocycles. The van der Waals surface area contributed by atoms with Gasteiger partial charge in [-0.05, 0) is 30.8 Å². The zero-order valence-corrected chi connectivity index (χ0v) is 15.0. The molecule has 4 bridgehead atoms. The predicted octanol–water partition coefficient (Wildman–Crippen LogP) is 1.72. The second-order valence-electron chi connectivity index (χ2n) is 6.39. The average molecular weight is 352 g/mol. The van der Waals surface area contributed by atoms with Gasteiger partial charge in [-0.1, -0.05) is 12.1 Å². The van der Waals surface area contributed by atoms with Crippen LogP contribution in [0.5, 0.6) is 5.75 Å². The number of fused-ring (bicyclic) bond motifs is 4. The molecular formula is C19H24N6O. The molecule has 7 heteroatoms. The summed E-state index contributed by atoms with van der Waals surface area (Å²) >= 11 is 0. The van der Waals surface area contributed by atoms with Gasteiger partial charge >= 0.3 is 0 Å². The summed E-state index contributed by atoms with van der Waals surface area (Å²) in [6.45, 7) is 5.27. The van der Waals surface area contributed by atoms with E-state index >= 15 is 0 Å². The van der Waals surface area contributed by atoms with Gasteiger partial charge in [-0.2, -0.15) is 5.10 Å². The quantitative estimate of drug-likeness (QED) is 0.748. The molecule has 2 aromatic heterocycles. The van der Waals surface area contributed by atoms with Crippen LogP contribution in [0.4, 0.5) is 5.82 Å². The minimum Gasteiger partial charge on any atom is -0.492 e. The zero-order valence-electron chi connectivity index (χ0n) is 15.0. The third-order valence-corrected chi connectivity index (χ3v) is 4.60. The van der Waals surface area contributed by atoms with Crippen LogP contribution in [0, 0.1) is 0 Å². The van der Waals surface area contributed by atoms with E-state index in [1.807, 2.05) is 37.6 Å². The molecular weight excluding hydrogens is 328 g/mol. The molecule has 0 saturated carbocycles. The van der Waals surface area contributed by atoms with Crippen molar-refractivity contribution in [3.63, 3.8) is 0 Å². The van der Waals surface area contributed by atoms with Crippen LogP contribution in [0.25, 0.3) is 16.8 Å². The van der Waals surface area contributed by atoms with E-state index in [-0.39, 0.29) is 0 Å². The summed E-state index contributed by atoms with van der Waals surface area (Å²) in [5, 5.41) is 11.1. The maximum atomic E-state index is 6.00. The monoisotopic (exact) mass is 352 g/mol. The lowest BCUT2D eigenvalue weighted by Gasteiger charge is -2.23. The molecule has 1 aliphatic heterocycles. The van der Waals surface area contributed by atoms with E-state index < -0.39 is 0 Å². The molecule has 1 aliphatic rings. The number of aromatic nitrogens is 3. The number of nitrogens with one attached hydrogen (secondary N) is 2. The van der Waals surface area contributed by atoms with Crippen LogP contribution in [0.1, 0.15) is 0 Å². The first-order chi connectivity index (χ1) is 12.8. The third-order valence-electron chi connectivity index (χ3n) is 4.60. The molecule has 0 spiro atoms. The molecule has 0 fully saturated rings. The summed E-state index contributed by atoms with van der Waals surface area (Å²) < 4.78 is 7.80. The molecule has 0 radical (unpaired) electrons. The number of hydrogen-bond donors (Lipinski definition) is 2. The van der Waals surface area contributed by atoms with Gasteiger partial charge in [-0.15, -0.1) is 0 Å². The maximum absolute atomic E-state index is 6.00. The Balaban J connectivity index is 1.67. The minimum atomic E-state index is 0.667. The second-order valence-corrected chi connectivity index (χ2v) is 6.39. The maximum Gasteiger partial charge on any atom is 0.165 e. The molecule has 0 saturated heterocycles. The molecule has 0 amide bonds. The first-order valence-electron chi connectivity index (χ1n) is 9.02. The summed E-state index contributed by atoms with van der Waals surface area (Å²) in [5.41, 5.74) is 2.91. The van der Waals surface area contributed by atoms with Gasteiger partial charge in [-0.25, -0.2) is 9.50 Å². The van der Waals surface area contributed by atoms with Gasteiger partial charge in [0.05, 0.1) is 6.20 Å². The molecule has 7 nitrogen and oxygen atoms in total. The Morgan fingerprint density at radius 3 is 3.15 bits per heavy atom. The van der Waals surface area contributed by atoms with E-state index in [0.29, 0.717) is 6.61 Å². The largest absolute Gasteiger partial charge is 0.492 e. The van der Waals surface area contributed by atoms with Gasteiger partial charge in [0.15, 0.2) is 5.65 Å². The van der Waals surface area contributed by atoms with Crippen molar-refractivity contribution in [1.29, 1.82) is 0 Å². The second kappa shape index (κ2) is 7.72. The van der Waals surface area contributed by atoms with Gasteiger partial charge < -0.3 is 15.4 Å². The van der Waals surface area contributed by atoms with Crippen LogP contribution >= 0.6 is 0 Å². The topological polar surface area (TPSA) is 66.7 Å². The van der Waals surface area contributed by atoms with E-state index in [1.165, 1.54) is 0 Å². The Hall–Kier alpha value is -2.64. The van der Waals surface area contributed by atoms with Crippen LogP contribution < -0.4 is 15.4 Å². The van der Waals surface area contributed by atoms with E-state index in [0.717, 1.165) is 61.1 Å². The van der Waals surface area contributed by atoms with Gasteiger partial charge in [0.1, 0.15) is 18.2 Å². The summed E-state index contributed by atoms with van der Waals surface area (Å²) in [6, 6.07) is 10.1. The molecule has 0 atom stereocenters. The highest BCUT2D eigenvalue weighted by atomic mass is 16.5. The van der Waals surface area contributed by atoms with Crippen molar-refractivity contribution in [2.75, 3.05) is 51.7 Å². The van der Waals surface area contributed by atoms with Crippen LogP contribution in [0.3, 0.4) is 0 Å². The number of nitrogens with zero attached hydrogens (tertiary/aromatic N) is 4. The summed E-state index contributed by atoms with van der Waals surface area (Å²) in [5.74, 6) is 1.75. The van der Waals surface area contributed by atoms with Gasteiger partial charge in [0.2, 0.25) is 0 Å². The highest BCUT2D eigenvalue weighted by Crippen LogP contribution is 2.27. The Labute approximate surface area is 153 Å². The van der Waals surface area contributed by atoms with Crippen LogP contribution in [-0.4, -0.2) is 65.9 Å². The fraction of sp³-hybridized carbons (Fsp3) is 0.368. The van der Waals surface area contributed by atoms with E-state index in [1.54, 1.807) is 4.52 Å². The van der Waals surface area contributed by atoms with Crippen LogP contribution in [-0.2, 0) is 0 Å². The van der Waals surface area contributed by atoms with Crippen molar-refractivity contribution in [3.05, 3.63) is 42.7 Å². The van der Waals surface area contributed by atoms with Crippen molar-refractivity contribution in [1.82, 2.24) is 24.8 Å². The lowest BCUT2D eigenvalue weighted by Crippen LogP contribution is -2.37. The fourth-order valence-corrected chi connectivity index (χ4v) is 3.16. The minimum absolute atomic E-state index is 0.667. The van der Waals surface area contributed by atoms with Gasteiger partial charge in [-0.3, -0.25) is 4.90 Å². The molecule has 136 valence electrons. The number of anilines is 1. The number of likely N-dealkylation sites (N-methyl/N-ethyl adjacent to an activating group) is 1. The average Bonchev–Trinajstić information content (AvgIpc) is 3.08.